The van der Waals surface area contributed by atoms with Crippen molar-refractivity contribution >= 4 is 16.8 Å². The van der Waals surface area contributed by atoms with Gasteiger partial charge in [-0.1, -0.05) is 49.4 Å². The number of H-pyrrole nitrogens is 1. The summed E-state index contributed by atoms with van der Waals surface area (Å²) in [6.07, 6.45) is 0.971. The smallest absolute Gasteiger partial charge is 0.267 e. The Labute approximate surface area is 124 Å². The van der Waals surface area contributed by atoms with Crippen LogP contribution in [0.15, 0.2) is 54.6 Å². The molecular weight excluding hydrogens is 260 g/mol. The summed E-state index contributed by atoms with van der Waals surface area (Å²) in [7, 11) is 0. The lowest BCUT2D eigenvalue weighted by Gasteiger charge is -2.08. The van der Waals surface area contributed by atoms with Gasteiger partial charge in [-0.3, -0.25) is 4.79 Å². The van der Waals surface area contributed by atoms with Crippen LogP contribution < -0.4 is 5.32 Å². The Balaban J connectivity index is 1.74. The molecule has 0 radical (unpaired) electrons. The molecule has 0 aliphatic carbocycles. The Morgan fingerprint density at radius 1 is 1.05 bits per heavy atom. The van der Waals surface area contributed by atoms with E-state index in [0.717, 1.165) is 17.3 Å². The van der Waals surface area contributed by atoms with Gasteiger partial charge >= 0.3 is 0 Å². The standard InChI is InChI=1S/C18H18N2O/c1-2-13-7-3-4-9-15(13)12-19-18(21)17-11-14-8-5-6-10-16(14)20-17/h3-11,20H,2,12H2,1H3,(H,19,21). The van der Waals surface area contributed by atoms with Crippen LogP contribution in [0.25, 0.3) is 10.9 Å². The summed E-state index contributed by atoms with van der Waals surface area (Å²) < 4.78 is 0. The van der Waals surface area contributed by atoms with Gasteiger partial charge in [0.05, 0.1) is 0 Å². The summed E-state index contributed by atoms with van der Waals surface area (Å²) in [6.45, 7) is 2.68. The molecule has 0 bridgehead atoms. The van der Waals surface area contributed by atoms with Gasteiger partial charge in [-0.25, -0.2) is 0 Å². The molecule has 0 unspecified atom stereocenters. The minimum Gasteiger partial charge on any atom is -0.351 e. The van der Waals surface area contributed by atoms with E-state index in [2.05, 4.69) is 29.4 Å². The number of aryl methyl sites for hydroxylation is 1. The molecule has 3 nitrogen and oxygen atoms in total. The van der Waals surface area contributed by atoms with Gasteiger partial charge < -0.3 is 10.3 Å². The number of nitrogens with one attached hydrogen (secondary N) is 2. The zero-order valence-electron chi connectivity index (χ0n) is 12.0. The topological polar surface area (TPSA) is 44.9 Å². The summed E-state index contributed by atoms with van der Waals surface area (Å²) in [5.41, 5.74) is 4.03. The Morgan fingerprint density at radius 2 is 1.76 bits per heavy atom. The number of aromatic amines is 1. The van der Waals surface area contributed by atoms with Crippen LogP contribution >= 0.6 is 0 Å². The number of hydrogen-bond donors (Lipinski definition) is 2. The van der Waals surface area contributed by atoms with E-state index in [1.165, 1.54) is 11.1 Å². The minimum absolute atomic E-state index is 0.0721. The molecule has 21 heavy (non-hydrogen) atoms. The van der Waals surface area contributed by atoms with Crippen molar-refractivity contribution in [2.24, 2.45) is 0 Å². The normalized spacial score (nSPS) is 10.7. The average molecular weight is 278 g/mol. The van der Waals surface area contributed by atoms with Crippen LogP contribution in [0.3, 0.4) is 0 Å². The number of hydrogen-bond acceptors (Lipinski definition) is 1. The molecule has 3 heteroatoms. The molecule has 2 aromatic carbocycles. The molecule has 106 valence electrons. The number of benzene rings is 2. The number of para-hydroxylation sites is 1. The van der Waals surface area contributed by atoms with Crippen LogP contribution in [0.4, 0.5) is 0 Å². The molecule has 1 aromatic heterocycles. The highest BCUT2D eigenvalue weighted by atomic mass is 16.1. The van der Waals surface area contributed by atoms with Gasteiger partial charge in [0.25, 0.3) is 5.91 Å². The fourth-order valence-corrected chi connectivity index (χ4v) is 2.54. The third kappa shape index (κ3) is 2.82. The van der Waals surface area contributed by atoms with Crippen molar-refractivity contribution in [1.29, 1.82) is 0 Å². The van der Waals surface area contributed by atoms with E-state index in [0.29, 0.717) is 12.2 Å². The van der Waals surface area contributed by atoms with E-state index in [9.17, 15) is 4.79 Å². The molecular formula is C18H18N2O. The highest BCUT2D eigenvalue weighted by molar-refractivity contribution is 5.97. The van der Waals surface area contributed by atoms with Crippen molar-refractivity contribution in [3.63, 3.8) is 0 Å². The second-order valence-electron chi connectivity index (χ2n) is 5.08. The van der Waals surface area contributed by atoms with Crippen LogP contribution in [-0.2, 0) is 13.0 Å². The van der Waals surface area contributed by atoms with Gasteiger partial charge in [0, 0.05) is 17.4 Å². The predicted octanol–water partition coefficient (Wildman–Crippen LogP) is 3.66. The Bertz CT molecular complexity index is 740. The van der Waals surface area contributed by atoms with Crippen LogP contribution in [0.5, 0.6) is 0 Å². The summed E-state index contributed by atoms with van der Waals surface area (Å²) in [6, 6.07) is 18.0. The monoisotopic (exact) mass is 278 g/mol. The van der Waals surface area contributed by atoms with Gasteiger partial charge in [-0.05, 0) is 29.7 Å². The van der Waals surface area contributed by atoms with Crippen molar-refractivity contribution in [2.75, 3.05) is 0 Å². The lowest BCUT2D eigenvalue weighted by molar-refractivity contribution is 0.0946. The first-order chi connectivity index (χ1) is 10.3. The third-order valence-corrected chi connectivity index (χ3v) is 3.71. The lowest BCUT2D eigenvalue weighted by atomic mass is 10.1. The molecule has 1 amide bonds. The van der Waals surface area contributed by atoms with Crippen LogP contribution in [0, 0.1) is 0 Å². The summed E-state index contributed by atoms with van der Waals surface area (Å²) in [5, 5.41) is 4.03. The predicted molar refractivity (Wildman–Crippen MR) is 85.3 cm³/mol. The molecule has 0 saturated heterocycles. The van der Waals surface area contributed by atoms with E-state index in [1.54, 1.807) is 0 Å². The van der Waals surface area contributed by atoms with Crippen LogP contribution in [-0.4, -0.2) is 10.9 Å². The molecule has 0 spiro atoms. The van der Waals surface area contributed by atoms with Crippen LogP contribution in [0.1, 0.15) is 28.5 Å². The Morgan fingerprint density at radius 3 is 2.52 bits per heavy atom. The van der Waals surface area contributed by atoms with Crippen molar-refractivity contribution in [3.8, 4) is 0 Å². The maximum atomic E-state index is 12.2. The van der Waals surface area contributed by atoms with Crippen molar-refractivity contribution in [2.45, 2.75) is 19.9 Å². The van der Waals surface area contributed by atoms with E-state index in [4.69, 9.17) is 0 Å². The third-order valence-electron chi connectivity index (χ3n) is 3.71. The zero-order chi connectivity index (χ0) is 14.7. The van der Waals surface area contributed by atoms with Gasteiger partial charge in [0.2, 0.25) is 0 Å². The number of carbonyl (C=O) groups excluding carboxylic acids is 1. The quantitative estimate of drug-likeness (QED) is 0.751. The zero-order valence-corrected chi connectivity index (χ0v) is 12.0. The van der Waals surface area contributed by atoms with Gasteiger partial charge in [0.15, 0.2) is 0 Å². The molecule has 2 N–H and O–H groups in total. The van der Waals surface area contributed by atoms with E-state index in [-0.39, 0.29) is 5.91 Å². The summed E-state index contributed by atoms with van der Waals surface area (Å²) in [5.74, 6) is -0.0721. The van der Waals surface area contributed by atoms with E-state index >= 15 is 0 Å². The number of aromatic nitrogens is 1. The fourth-order valence-electron chi connectivity index (χ4n) is 2.54. The number of carbonyl (C=O) groups is 1. The summed E-state index contributed by atoms with van der Waals surface area (Å²) in [4.78, 5) is 15.4. The molecule has 1 heterocycles. The van der Waals surface area contributed by atoms with Gasteiger partial charge in [-0.15, -0.1) is 0 Å². The first kappa shape index (κ1) is 13.4. The largest absolute Gasteiger partial charge is 0.351 e. The highest BCUT2D eigenvalue weighted by Crippen LogP contribution is 2.15. The van der Waals surface area contributed by atoms with Crippen molar-refractivity contribution in [3.05, 3.63) is 71.4 Å². The Hall–Kier alpha value is -2.55. The molecule has 0 aliphatic heterocycles. The summed E-state index contributed by atoms with van der Waals surface area (Å²) >= 11 is 0. The van der Waals surface area contributed by atoms with E-state index < -0.39 is 0 Å². The Kier molecular flexibility index (Phi) is 3.73. The fraction of sp³-hybridized carbons (Fsp3) is 0.167. The number of rotatable bonds is 4. The molecule has 0 aliphatic rings. The maximum absolute atomic E-state index is 12.2. The van der Waals surface area contributed by atoms with Gasteiger partial charge in [-0.2, -0.15) is 0 Å². The van der Waals surface area contributed by atoms with Gasteiger partial charge in [0.1, 0.15) is 5.69 Å². The molecule has 0 fully saturated rings. The maximum Gasteiger partial charge on any atom is 0.267 e. The first-order valence-electron chi connectivity index (χ1n) is 7.20. The van der Waals surface area contributed by atoms with Crippen molar-refractivity contribution in [1.82, 2.24) is 10.3 Å². The minimum atomic E-state index is -0.0721. The number of amides is 1. The van der Waals surface area contributed by atoms with Crippen molar-refractivity contribution < 1.29 is 4.79 Å². The average Bonchev–Trinajstić information content (AvgIpc) is 2.97. The number of fused-ring (bicyclic) bond motifs is 1. The molecule has 3 rings (SSSR count). The molecule has 3 aromatic rings. The first-order valence-corrected chi connectivity index (χ1v) is 7.20. The highest BCUT2D eigenvalue weighted by Gasteiger charge is 2.09. The molecule has 0 atom stereocenters. The van der Waals surface area contributed by atoms with Crippen LogP contribution in [0.2, 0.25) is 0 Å². The lowest BCUT2D eigenvalue weighted by Crippen LogP contribution is -2.23. The second kappa shape index (κ2) is 5.83. The SMILES string of the molecule is CCc1ccccc1CNC(=O)c1cc2ccccc2[nH]1. The second-order valence-corrected chi connectivity index (χ2v) is 5.08. The molecule has 0 saturated carbocycles. The van der Waals surface area contributed by atoms with E-state index in [1.807, 2.05) is 42.5 Å².